The Bertz CT molecular complexity index is 867. The lowest BCUT2D eigenvalue weighted by Crippen LogP contribution is -2.49. The molecule has 9 heteroatoms. The highest BCUT2D eigenvalue weighted by Gasteiger charge is 2.26. The number of hydrogen-bond acceptors (Lipinski definition) is 4. The summed E-state index contributed by atoms with van der Waals surface area (Å²) in [5, 5.41) is 6.61. The summed E-state index contributed by atoms with van der Waals surface area (Å²) in [5.74, 6) is 0.544. The van der Waals surface area contributed by atoms with Crippen molar-refractivity contribution in [1.29, 1.82) is 0 Å². The Morgan fingerprint density at radius 2 is 1.97 bits per heavy atom. The second kappa shape index (κ2) is 11.5. The van der Waals surface area contributed by atoms with Gasteiger partial charge in [-0.25, -0.2) is 0 Å². The van der Waals surface area contributed by atoms with Crippen molar-refractivity contribution < 1.29 is 14.3 Å². The highest BCUT2D eigenvalue weighted by molar-refractivity contribution is 9.13. The lowest BCUT2D eigenvalue weighted by atomic mass is 9.83. The minimum absolute atomic E-state index is 0.0949. The zero-order chi connectivity index (χ0) is 21.5. The molecule has 1 unspecified atom stereocenters. The average Bonchev–Trinajstić information content (AvgIpc) is 3.08. The van der Waals surface area contributed by atoms with Crippen molar-refractivity contribution in [2.45, 2.75) is 38.1 Å². The van der Waals surface area contributed by atoms with Gasteiger partial charge < -0.3 is 15.4 Å². The number of hydrogen-bond donors (Lipinski definition) is 2. The topological polar surface area (TPSA) is 67.4 Å². The molecule has 1 aliphatic rings. The predicted molar refractivity (Wildman–Crippen MR) is 128 cm³/mol. The fourth-order valence-electron chi connectivity index (χ4n) is 3.57. The molecule has 0 saturated heterocycles. The molecule has 1 atom stereocenters. The summed E-state index contributed by atoms with van der Waals surface area (Å²) in [5.41, 5.74) is 0. The molecule has 1 aromatic heterocycles. The third kappa shape index (κ3) is 6.97. The molecule has 0 bridgehead atoms. The van der Waals surface area contributed by atoms with Crippen LogP contribution in [0.3, 0.4) is 0 Å². The molecular weight excluding hydrogens is 556 g/mol. The van der Waals surface area contributed by atoms with Crippen molar-refractivity contribution in [3.8, 4) is 5.75 Å². The van der Waals surface area contributed by atoms with Crippen LogP contribution in [0.15, 0.2) is 38.6 Å². The summed E-state index contributed by atoms with van der Waals surface area (Å²) >= 11 is 14.1. The molecule has 3 rings (SSSR count). The van der Waals surface area contributed by atoms with E-state index in [-0.39, 0.29) is 24.5 Å². The van der Waals surface area contributed by atoms with Crippen LogP contribution >= 0.6 is 54.8 Å². The lowest BCUT2D eigenvalue weighted by Gasteiger charge is -2.31. The molecule has 162 valence electrons. The number of ether oxygens (including phenoxy) is 1. The number of carbonyl (C=O) groups is 2. The van der Waals surface area contributed by atoms with Crippen molar-refractivity contribution in [1.82, 2.24) is 10.6 Å². The highest BCUT2D eigenvalue weighted by atomic mass is 79.9. The van der Waals surface area contributed by atoms with Gasteiger partial charge in [0.15, 0.2) is 6.61 Å². The van der Waals surface area contributed by atoms with E-state index in [2.05, 4.69) is 42.5 Å². The van der Waals surface area contributed by atoms with Crippen LogP contribution in [-0.4, -0.2) is 31.0 Å². The van der Waals surface area contributed by atoms with E-state index < -0.39 is 0 Å². The van der Waals surface area contributed by atoms with Crippen molar-refractivity contribution in [3.63, 3.8) is 0 Å². The van der Waals surface area contributed by atoms with E-state index in [9.17, 15) is 9.59 Å². The highest BCUT2D eigenvalue weighted by Crippen LogP contribution is 2.32. The second-order valence-corrected chi connectivity index (χ2v) is 10.9. The molecule has 30 heavy (non-hydrogen) atoms. The van der Waals surface area contributed by atoms with Gasteiger partial charge in [-0.05, 0) is 74.9 Å². The van der Waals surface area contributed by atoms with E-state index in [1.807, 2.05) is 0 Å². The Hall–Kier alpha value is -1.09. The van der Waals surface area contributed by atoms with Crippen molar-refractivity contribution in [2.24, 2.45) is 5.92 Å². The van der Waals surface area contributed by atoms with Gasteiger partial charge in [0, 0.05) is 22.1 Å². The van der Waals surface area contributed by atoms with Gasteiger partial charge in [0.1, 0.15) is 5.75 Å². The van der Waals surface area contributed by atoms with Crippen LogP contribution in [0.1, 0.15) is 41.8 Å². The third-order valence-electron chi connectivity index (χ3n) is 5.08. The number of halogens is 3. The molecule has 1 saturated carbocycles. The van der Waals surface area contributed by atoms with Gasteiger partial charge in [0.2, 0.25) is 0 Å². The predicted octanol–water partition coefficient (Wildman–Crippen LogP) is 5.80. The fraction of sp³-hybridized carbons (Fsp3) is 0.429. The van der Waals surface area contributed by atoms with E-state index in [1.165, 1.54) is 17.8 Å². The molecule has 1 aromatic carbocycles. The third-order valence-corrected chi connectivity index (χ3v) is 8.57. The van der Waals surface area contributed by atoms with Crippen LogP contribution in [0.25, 0.3) is 0 Å². The zero-order valence-electron chi connectivity index (χ0n) is 16.3. The number of carbonyl (C=O) groups excluding carboxylic acids is 2. The number of nitrogens with one attached hydrogen (secondary N) is 2. The van der Waals surface area contributed by atoms with Crippen LogP contribution in [0.4, 0.5) is 0 Å². The molecule has 0 spiro atoms. The second-order valence-electron chi connectivity index (χ2n) is 7.26. The molecule has 5 nitrogen and oxygen atoms in total. The molecule has 0 radical (unpaired) electrons. The largest absolute Gasteiger partial charge is 0.484 e. The zero-order valence-corrected chi connectivity index (χ0v) is 21.0. The van der Waals surface area contributed by atoms with E-state index in [4.69, 9.17) is 16.3 Å². The van der Waals surface area contributed by atoms with Crippen molar-refractivity contribution in [2.75, 3.05) is 13.2 Å². The Morgan fingerprint density at radius 1 is 1.20 bits per heavy atom. The summed E-state index contributed by atoms with van der Waals surface area (Å²) in [6, 6.07) is 8.62. The van der Waals surface area contributed by atoms with E-state index in [0.717, 1.165) is 33.9 Å². The van der Waals surface area contributed by atoms with Crippen LogP contribution in [0.5, 0.6) is 5.75 Å². The smallest absolute Gasteiger partial charge is 0.261 e. The molecule has 0 aliphatic heterocycles. The van der Waals surface area contributed by atoms with Gasteiger partial charge in [-0.15, -0.1) is 11.3 Å². The minimum atomic E-state index is -0.207. The fourth-order valence-corrected chi connectivity index (χ4v) is 5.71. The first-order chi connectivity index (χ1) is 14.4. The number of benzene rings is 1. The van der Waals surface area contributed by atoms with Gasteiger partial charge in [0.25, 0.3) is 11.8 Å². The normalized spacial score (nSPS) is 15.4. The van der Waals surface area contributed by atoms with Gasteiger partial charge in [-0.2, -0.15) is 0 Å². The Labute approximate surface area is 202 Å². The molecule has 1 heterocycles. The van der Waals surface area contributed by atoms with E-state index in [1.54, 1.807) is 30.3 Å². The average molecular weight is 579 g/mol. The van der Waals surface area contributed by atoms with Crippen LogP contribution in [0.2, 0.25) is 5.02 Å². The van der Waals surface area contributed by atoms with Gasteiger partial charge in [-0.3, -0.25) is 9.59 Å². The number of thiophene rings is 1. The Kier molecular flexibility index (Phi) is 9.04. The van der Waals surface area contributed by atoms with Gasteiger partial charge >= 0.3 is 0 Å². The maximum absolute atomic E-state index is 12.5. The number of amides is 2. The van der Waals surface area contributed by atoms with Crippen molar-refractivity contribution in [3.05, 3.63) is 48.5 Å². The first kappa shape index (κ1) is 23.6. The maximum Gasteiger partial charge on any atom is 0.261 e. The summed E-state index contributed by atoms with van der Waals surface area (Å²) in [6.45, 7) is 0.294. The Balaban J connectivity index is 1.57. The first-order valence-corrected chi connectivity index (χ1v) is 12.6. The van der Waals surface area contributed by atoms with Gasteiger partial charge in [-0.1, -0.05) is 36.9 Å². The summed E-state index contributed by atoms with van der Waals surface area (Å²) < 4.78 is 7.29. The molecule has 1 aliphatic carbocycles. The summed E-state index contributed by atoms with van der Waals surface area (Å²) in [4.78, 5) is 25.7. The van der Waals surface area contributed by atoms with Crippen LogP contribution in [0, 0.1) is 5.92 Å². The van der Waals surface area contributed by atoms with E-state index >= 15 is 0 Å². The summed E-state index contributed by atoms with van der Waals surface area (Å²) in [6.07, 6.45) is 5.61. The standard InChI is InChI=1S/C21H23Br2ClN2O3S/c22-16-10-18(30-20(16)23)21(28)25-11-17(13-5-2-1-3-6-13)26-19(27)12-29-15-8-4-7-14(24)9-15/h4,7-10,13,17H,1-3,5-6,11-12H2,(H,25,28)(H,26,27). The SMILES string of the molecule is O=C(COc1cccc(Cl)c1)NC(CNC(=O)c1cc(Br)c(Br)s1)C1CCCCC1. The van der Waals surface area contributed by atoms with Crippen LogP contribution in [-0.2, 0) is 4.79 Å². The van der Waals surface area contributed by atoms with Crippen molar-refractivity contribution >= 4 is 66.6 Å². The quantitative estimate of drug-likeness (QED) is 0.416. The molecular formula is C21H23Br2ClN2O3S. The first-order valence-electron chi connectivity index (χ1n) is 9.83. The lowest BCUT2D eigenvalue weighted by molar-refractivity contribution is -0.124. The molecule has 2 N–H and O–H groups in total. The molecule has 2 amide bonds. The van der Waals surface area contributed by atoms with Gasteiger partial charge in [0.05, 0.1) is 8.66 Å². The summed E-state index contributed by atoms with van der Waals surface area (Å²) in [7, 11) is 0. The van der Waals surface area contributed by atoms with E-state index in [0.29, 0.717) is 28.1 Å². The monoisotopic (exact) mass is 576 g/mol. The minimum Gasteiger partial charge on any atom is -0.484 e. The number of rotatable bonds is 8. The molecule has 1 fully saturated rings. The Morgan fingerprint density at radius 3 is 2.63 bits per heavy atom. The van der Waals surface area contributed by atoms with Crippen LogP contribution < -0.4 is 15.4 Å². The maximum atomic E-state index is 12.5. The molecule has 2 aromatic rings.